The lowest BCUT2D eigenvalue weighted by molar-refractivity contribution is -2.00. The molecule has 0 amide bonds. The van der Waals surface area contributed by atoms with Gasteiger partial charge in [-0.25, -0.2) is 18.6 Å². The van der Waals surface area contributed by atoms with Crippen LogP contribution < -0.4 is 23.6 Å². The zero-order chi connectivity index (χ0) is 20.9. The molecule has 0 saturated carbocycles. The van der Waals surface area contributed by atoms with Crippen LogP contribution in [-0.2, 0) is 10.3 Å². The maximum atomic E-state index is 8.49. The van der Waals surface area contributed by atoms with Crippen molar-refractivity contribution in [2.45, 2.75) is 5.60 Å². The summed E-state index contributed by atoms with van der Waals surface area (Å²) in [4.78, 5) is 3.43. The second-order valence-electron chi connectivity index (χ2n) is 6.12. The van der Waals surface area contributed by atoms with Crippen molar-refractivity contribution >= 4 is 34.2 Å². The third-order valence-electron chi connectivity index (χ3n) is 4.34. The molecule has 1 heterocycles. The van der Waals surface area contributed by atoms with Gasteiger partial charge in [-0.15, -0.1) is 10.2 Å². The molecule has 0 radical (unpaired) electrons. The zero-order valence-electron chi connectivity index (χ0n) is 15.1. The van der Waals surface area contributed by atoms with Gasteiger partial charge in [0, 0.05) is 17.2 Å². The molecule has 1 N–H and O–H groups in total. The number of nitrogens with one attached hydrogen (secondary N) is 1. The molecule has 0 spiro atoms. The first-order valence-corrected chi connectivity index (χ1v) is 11.3. The molecule has 1 aliphatic rings. The number of hydrogen-bond donors (Lipinski definition) is 1. The highest BCUT2D eigenvalue weighted by molar-refractivity contribution is 14.1. The van der Waals surface area contributed by atoms with Crippen LogP contribution in [0, 0.1) is 10.2 Å². The smallest absolute Gasteiger partial charge is 0.352 e. The van der Waals surface area contributed by atoms with Crippen LogP contribution in [0.2, 0.25) is 0 Å². The van der Waals surface area contributed by atoms with Gasteiger partial charge in [-0.05, 0) is 6.07 Å². The molecule has 1 aliphatic heterocycles. The van der Waals surface area contributed by atoms with E-state index in [9.17, 15) is 0 Å². The number of fused-ring (bicyclic) bond motifs is 1. The first kappa shape index (κ1) is 21.7. The Bertz CT molecular complexity index is 932. The molecule has 29 heavy (non-hydrogen) atoms. The summed E-state index contributed by atoms with van der Waals surface area (Å²) in [7, 11) is -4.94. The van der Waals surface area contributed by atoms with Crippen molar-refractivity contribution in [3.8, 4) is 0 Å². The van der Waals surface area contributed by atoms with Gasteiger partial charge in [0.05, 0.1) is 5.56 Å². The van der Waals surface area contributed by atoms with E-state index in [1.165, 1.54) is 0 Å². The number of benzene rings is 3. The van der Waals surface area contributed by atoms with Crippen LogP contribution in [0.5, 0.6) is 0 Å². The highest BCUT2D eigenvalue weighted by Gasteiger charge is 2.46. The first-order valence-electron chi connectivity index (χ1n) is 8.54. The Balaban J connectivity index is 0.000000431. The van der Waals surface area contributed by atoms with E-state index in [-0.39, 0.29) is 0 Å². The van der Waals surface area contributed by atoms with E-state index >= 15 is 0 Å². The Hall–Kier alpha value is -2.01. The monoisotopic (exact) mass is 525 g/mol. The van der Waals surface area contributed by atoms with Crippen LogP contribution in [-0.4, -0.2) is 10.3 Å². The fourth-order valence-electron chi connectivity index (χ4n) is 3.32. The predicted octanol–water partition coefficient (Wildman–Crippen LogP) is -1.20. The summed E-state index contributed by atoms with van der Waals surface area (Å²) < 4.78 is 41.4. The molecule has 0 saturated heterocycles. The van der Waals surface area contributed by atoms with Gasteiger partial charge in [-0.2, -0.15) is 4.99 Å². The molecule has 0 unspecified atom stereocenters. The van der Waals surface area contributed by atoms with Crippen molar-refractivity contribution < 1.29 is 38.6 Å². The number of para-hydroxylation sites is 1. The van der Waals surface area contributed by atoms with Crippen molar-refractivity contribution in [3.63, 3.8) is 0 Å². The molecule has 0 bridgehead atoms. The standard InChI is InChI=1S/C21H16INO.ClHO4/c22-15-20-23-19-14-8-7-13-18(19)21(24-20,16-9-3-1-4-10-16)17-11-5-2-6-12-17;2-1(3,4)5/h1-14H,15H2;(H,2,3,4,5). The molecular weight excluding hydrogens is 509 g/mol. The number of hydrogen-bond acceptors (Lipinski definition) is 5. The summed E-state index contributed by atoms with van der Waals surface area (Å²) in [6.45, 7) is 0. The predicted molar refractivity (Wildman–Crippen MR) is 105 cm³/mol. The largest absolute Gasteiger partial charge is 0.425 e. The van der Waals surface area contributed by atoms with Gasteiger partial charge in [-0.3, -0.25) is 0 Å². The quantitative estimate of drug-likeness (QED) is 0.341. The minimum absolute atomic E-state index is 0.634. The van der Waals surface area contributed by atoms with E-state index in [0.29, 0.717) is 0 Å². The van der Waals surface area contributed by atoms with Crippen LogP contribution >= 0.6 is 22.6 Å². The van der Waals surface area contributed by atoms with Crippen LogP contribution in [0.4, 0.5) is 5.69 Å². The van der Waals surface area contributed by atoms with Crippen molar-refractivity contribution in [2.24, 2.45) is 0 Å². The van der Waals surface area contributed by atoms with Crippen molar-refractivity contribution in [2.75, 3.05) is 4.43 Å². The fraction of sp³-hybridized carbons (Fsp3) is 0.0952. The van der Waals surface area contributed by atoms with Gasteiger partial charge >= 0.3 is 5.90 Å². The Labute approximate surface area is 184 Å². The minimum Gasteiger partial charge on any atom is -0.425 e. The van der Waals surface area contributed by atoms with E-state index in [1.807, 2.05) is 12.1 Å². The highest BCUT2D eigenvalue weighted by atomic mass is 127. The Morgan fingerprint density at radius 2 is 1.21 bits per heavy atom. The van der Waals surface area contributed by atoms with Gasteiger partial charge in [0.2, 0.25) is 5.69 Å². The van der Waals surface area contributed by atoms with Crippen molar-refractivity contribution in [3.05, 3.63) is 102 Å². The maximum absolute atomic E-state index is 8.49. The lowest BCUT2D eigenvalue weighted by atomic mass is 9.79. The van der Waals surface area contributed by atoms with Gasteiger partial charge in [-0.1, -0.05) is 95.4 Å². The van der Waals surface area contributed by atoms with Gasteiger partial charge in [0.15, 0.2) is 5.60 Å². The van der Waals surface area contributed by atoms with E-state index in [1.54, 1.807) is 0 Å². The SMILES string of the molecule is ICC1=[NH+]c2ccccc2C(c2ccccc2)(c2ccccc2)O1.[O-][Cl+3]([O-])([O-])[O-]. The van der Waals surface area contributed by atoms with Crippen molar-refractivity contribution in [1.82, 2.24) is 0 Å². The van der Waals surface area contributed by atoms with Crippen molar-refractivity contribution in [1.29, 1.82) is 0 Å². The highest BCUT2D eigenvalue weighted by Crippen LogP contribution is 2.43. The number of rotatable bonds is 3. The molecule has 3 aromatic rings. The Morgan fingerprint density at radius 1 is 0.759 bits per heavy atom. The third-order valence-corrected chi connectivity index (χ3v) is 5.03. The molecule has 0 fully saturated rings. The topological polar surface area (TPSA) is 115 Å². The zero-order valence-corrected chi connectivity index (χ0v) is 18.0. The van der Waals surface area contributed by atoms with Gasteiger partial charge in [0.1, 0.15) is 4.43 Å². The summed E-state index contributed by atoms with van der Waals surface area (Å²) in [6, 6.07) is 29.3. The second kappa shape index (κ2) is 9.21. The minimum atomic E-state index is -4.94. The van der Waals surface area contributed by atoms with Crippen LogP contribution in [0.25, 0.3) is 0 Å². The molecule has 0 atom stereocenters. The second-order valence-corrected chi connectivity index (χ2v) is 7.64. The van der Waals surface area contributed by atoms with Gasteiger partial charge in [0.25, 0.3) is 0 Å². The van der Waals surface area contributed by atoms with Crippen LogP contribution in [0.15, 0.2) is 84.9 Å². The van der Waals surface area contributed by atoms with E-state index < -0.39 is 15.8 Å². The molecule has 6 nitrogen and oxygen atoms in total. The molecule has 8 heteroatoms. The number of ether oxygens (including phenoxy) is 1. The Kier molecular flexibility index (Phi) is 6.89. The molecular formula is C21H17ClINO5. The van der Waals surface area contributed by atoms with Gasteiger partial charge < -0.3 is 4.74 Å². The average Bonchev–Trinajstić information content (AvgIpc) is 2.73. The summed E-state index contributed by atoms with van der Waals surface area (Å²) in [5, 5.41) is 0. The fourth-order valence-corrected chi connectivity index (χ4v) is 3.66. The first-order chi connectivity index (χ1) is 13.8. The summed E-state index contributed by atoms with van der Waals surface area (Å²) in [5.41, 5.74) is 3.87. The number of halogens is 2. The molecule has 3 aromatic carbocycles. The van der Waals surface area contributed by atoms with E-state index in [2.05, 4.69) is 100 Å². The maximum Gasteiger partial charge on any atom is 0.352 e. The lowest BCUT2D eigenvalue weighted by Gasteiger charge is -2.36. The normalized spacial score (nSPS) is 14.6. The third kappa shape index (κ3) is 5.13. The van der Waals surface area contributed by atoms with Crippen LogP contribution in [0.1, 0.15) is 16.7 Å². The summed E-state index contributed by atoms with van der Waals surface area (Å²) in [5.74, 6) is 0.877. The summed E-state index contributed by atoms with van der Waals surface area (Å²) >= 11 is 2.34. The van der Waals surface area contributed by atoms with E-state index in [4.69, 9.17) is 23.4 Å². The number of alkyl halides is 1. The summed E-state index contributed by atoms with van der Waals surface area (Å²) in [6.07, 6.45) is 0. The molecule has 150 valence electrons. The van der Waals surface area contributed by atoms with Crippen LogP contribution in [0.3, 0.4) is 0 Å². The van der Waals surface area contributed by atoms with E-state index in [0.717, 1.165) is 32.7 Å². The molecule has 4 rings (SSSR count). The Morgan fingerprint density at radius 3 is 1.69 bits per heavy atom. The molecule has 0 aliphatic carbocycles. The molecule has 0 aromatic heterocycles. The average molecular weight is 526 g/mol. The lowest BCUT2D eigenvalue weighted by Crippen LogP contribution is -2.72.